The van der Waals surface area contributed by atoms with Crippen LogP contribution >= 0.6 is 0 Å². The monoisotopic (exact) mass is 501 g/mol. The molecule has 0 bridgehead atoms. The maximum Gasteiger partial charge on any atom is 0.340 e. The number of hydrogen-bond donors (Lipinski definition) is 0. The molecule has 4 aromatic carbocycles. The van der Waals surface area contributed by atoms with E-state index in [1.807, 2.05) is 0 Å². The Labute approximate surface area is 206 Å². The third-order valence-electron chi connectivity index (χ3n) is 5.37. The third-order valence-corrected chi connectivity index (χ3v) is 7.23. The van der Waals surface area contributed by atoms with Crippen molar-refractivity contribution >= 4 is 27.3 Å². The van der Waals surface area contributed by atoms with Crippen molar-refractivity contribution < 1.29 is 27.7 Å². The minimum absolute atomic E-state index is 0.306. The molecule has 8 nitrogen and oxygen atoms in total. The number of para-hydroxylation sites is 1. The number of sulfone groups is 1. The summed E-state index contributed by atoms with van der Waals surface area (Å²) in [7, 11) is -4.49. The third kappa shape index (κ3) is 4.91. The summed E-state index contributed by atoms with van der Waals surface area (Å²) in [5.41, 5.74) is -0.266. The van der Waals surface area contributed by atoms with Gasteiger partial charge < -0.3 is 4.74 Å². The van der Waals surface area contributed by atoms with E-state index < -0.39 is 48.1 Å². The molecule has 0 aromatic heterocycles. The minimum atomic E-state index is -4.49. The Balaban J connectivity index is 1.76. The van der Waals surface area contributed by atoms with Gasteiger partial charge in [-0.1, -0.05) is 84.9 Å². The van der Waals surface area contributed by atoms with Crippen molar-refractivity contribution in [3.8, 4) is 0 Å². The number of carbonyl (C=O) groups is 2. The van der Waals surface area contributed by atoms with Crippen LogP contribution in [0.1, 0.15) is 32.4 Å². The molecule has 0 aliphatic heterocycles. The van der Waals surface area contributed by atoms with Gasteiger partial charge in [-0.25, -0.2) is 13.2 Å². The van der Waals surface area contributed by atoms with Gasteiger partial charge in [0.25, 0.3) is 5.69 Å². The van der Waals surface area contributed by atoms with Crippen molar-refractivity contribution in [1.82, 2.24) is 0 Å². The van der Waals surface area contributed by atoms with Crippen LogP contribution in [0.2, 0.25) is 0 Å². The Kier molecular flexibility index (Phi) is 7.03. The molecule has 0 amide bonds. The van der Waals surface area contributed by atoms with E-state index in [0.717, 1.165) is 12.1 Å². The van der Waals surface area contributed by atoms with Crippen LogP contribution in [-0.2, 0) is 14.6 Å². The molecule has 4 aromatic rings. The van der Waals surface area contributed by atoms with Crippen LogP contribution in [0, 0.1) is 10.1 Å². The van der Waals surface area contributed by atoms with E-state index >= 15 is 0 Å². The van der Waals surface area contributed by atoms with Gasteiger partial charge in [0.05, 0.1) is 15.4 Å². The van der Waals surface area contributed by atoms with Crippen molar-refractivity contribution in [1.29, 1.82) is 0 Å². The van der Waals surface area contributed by atoms with Crippen LogP contribution in [0.15, 0.2) is 119 Å². The predicted octanol–water partition coefficient (Wildman–Crippen LogP) is 5.21. The number of nitro groups is 1. The number of nitrogens with zero attached hydrogens (tertiary/aromatic N) is 1. The van der Waals surface area contributed by atoms with E-state index in [0.29, 0.717) is 11.1 Å². The van der Waals surface area contributed by atoms with E-state index in [2.05, 4.69) is 0 Å². The van der Waals surface area contributed by atoms with Crippen LogP contribution in [-0.4, -0.2) is 25.1 Å². The molecule has 0 aliphatic rings. The first-order valence-corrected chi connectivity index (χ1v) is 12.2. The molecule has 0 saturated heterocycles. The topological polar surface area (TPSA) is 121 Å². The smallest absolute Gasteiger partial charge is 0.340 e. The Hall–Kier alpha value is -4.63. The Bertz CT molecular complexity index is 1530. The fraction of sp³-hybridized carbons (Fsp3) is 0.0370. The van der Waals surface area contributed by atoms with Crippen molar-refractivity contribution in [2.45, 2.75) is 15.9 Å². The van der Waals surface area contributed by atoms with E-state index in [9.17, 15) is 28.1 Å². The molecule has 0 heterocycles. The van der Waals surface area contributed by atoms with E-state index in [-0.39, 0.29) is 5.56 Å². The maximum atomic E-state index is 13.4. The molecule has 9 heteroatoms. The molecule has 4 rings (SSSR count). The number of Topliss-reactive ketones (excluding diaryl/α,β-unsaturated/α-hetero) is 1. The Morgan fingerprint density at radius 2 is 1.25 bits per heavy atom. The fourth-order valence-electron chi connectivity index (χ4n) is 3.65. The Morgan fingerprint density at radius 1 is 0.722 bits per heavy atom. The highest BCUT2D eigenvalue weighted by atomic mass is 32.2. The number of nitro benzene ring substituents is 1. The van der Waals surface area contributed by atoms with Gasteiger partial charge in [0.2, 0.25) is 15.6 Å². The maximum absolute atomic E-state index is 13.4. The number of carbonyl (C=O) groups excluding carboxylic acids is 2. The van der Waals surface area contributed by atoms with E-state index in [1.54, 1.807) is 60.7 Å². The SMILES string of the molecule is O=C(O[C@H](C(=O)c1ccccc1)c1ccccc1)c1ccccc1S(=O)(=O)c1ccccc1[N+](=O)[O-]. The van der Waals surface area contributed by atoms with E-state index in [4.69, 9.17) is 4.74 Å². The first kappa shape index (κ1) is 24.5. The zero-order valence-electron chi connectivity index (χ0n) is 18.7. The van der Waals surface area contributed by atoms with Crippen LogP contribution in [0.4, 0.5) is 5.69 Å². The lowest BCUT2D eigenvalue weighted by molar-refractivity contribution is -0.387. The molecule has 36 heavy (non-hydrogen) atoms. The lowest BCUT2D eigenvalue weighted by Crippen LogP contribution is -2.21. The molecular formula is C27H19NO7S. The van der Waals surface area contributed by atoms with Gasteiger partial charge in [-0.05, 0) is 18.2 Å². The predicted molar refractivity (Wildman–Crippen MR) is 130 cm³/mol. The summed E-state index contributed by atoms with van der Waals surface area (Å²) in [6.07, 6.45) is -1.34. The summed E-state index contributed by atoms with van der Waals surface area (Å²) in [6.45, 7) is 0. The fourth-order valence-corrected chi connectivity index (χ4v) is 5.26. The van der Waals surface area contributed by atoms with Gasteiger partial charge in [0, 0.05) is 17.2 Å². The summed E-state index contributed by atoms with van der Waals surface area (Å²) >= 11 is 0. The molecule has 0 spiro atoms. The van der Waals surface area contributed by atoms with Crippen LogP contribution in [0.3, 0.4) is 0 Å². The molecule has 0 N–H and O–H groups in total. The first-order valence-electron chi connectivity index (χ1n) is 10.7. The number of benzene rings is 4. The zero-order chi connectivity index (χ0) is 25.7. The number of ketones is 1. The number of esters is 1. The van der Waals surface area contributed by atoms with Gasteiger partial charge >= 0.3 is 5.97 Å². The molecular weight excluding hydrogens is 482 g/mol. The second-order valence-electron chi connectivity index (χ2n) is 7.65. The van der Waals surface area contributed by atoms with Gasteiger partial charge in [-0.15, -0.1) is 0 Å². The normalized spacial score (nSPS) is 11.9. The first-order chi connectivity index (χ1) is 17.3. The van der Waals surface area contributed by atoms with Crippen LogP contribution < -0.4 is 0 Å². The second-order valence-corrected chi connectivity index (χ2v) is 9.54. The summed E-state index contributed by atoms with van der Waals surface area (Å²) in [5, 5.41) is 11.4. The van der Waals surface area contributed by atoms with Crippen molar-refractivity contribution in [3.63, 3.8) is 0 Å². The molecule has 0 unspecified atom stereocenters. The average Bonchev–Trinajstić information content (AvgIpc) is 2.92. The molecule has 0 fully saturated rings. The highest BCUT2D eigenvalue weighted by Gasteiger charge is 2.33. The van der Waals surface area contributed by atoms with Crippen molar-refractivity contribution in [2.24, 2.45) is 0 Å². The highest BCUT2D eigenvalue weighted by molar-refractivity contribution is 7.91. The summed E-state index contributed by atoms with van der Waals surface area (Å²) < 4.78 is 32.4. The molecule has 0 aliphatic carbocycles. The van der Waals surface area contributed by atoms with Crippen molar-refractivity contribution in [2.75, 3.05) is 0 Å². The number of ether oxygens (including phenoxy) is 1. The van der Waals surface area contributed by atoms with Gasteiger partial charge in [-0.2, -0.15) is 0 Å². The van der Waals surface area contributed by atoms with Crippen molar-refractivity contribution in [3.05, 3.63) is 136 Å². The van der Waals surface area contributed by atoms with E-state index in [1.165, 1.54) is 36.4 Å². The van der Waals surface area contributed by atoms with Crippen LogP contribution in [0.5, 0.6) is 0 Å². The lowest BCUT2D eigenvalue weighted by atomic mass is 10.00. The highest BCUT2D eigenvalue weighted by Crippen LogP contribution is 2.32. The summed E-state index contributed by atoms with van der Waals surface area (Å²) in [4.78, 5) is 36.2. The molecule has 0 radical (unpaired) electrons. The van der Waals surface area contributed by atoms with Crippen LogP contribution in [0.25, 0.3) is 0 Å². The largest absolute Gasteiger partial charge is 0.445 e. The number of hydrogen-bond acceptors (Lipinski definition) is 7. The van der Waals surface area contributed by atoms with Gasteiger partial charge in [0.15, 0.2) is 6.10 Å². The number of rotatable bonds is 8. The molecule has 180 valence electrons. The molecule has 1 atom stereocenters. The quantitative estimate of drug-likeness (QED) is 0.141. The summed E-state index contributed by atoms with van der Waals surface area (Å²) in [5.74, 6) is -1.56. The van der Waals surface area contributed by atoms with Gasteiger partial charge in [-0.3, -0.25) is 14.9 Å². The zero-order valence-corrected chi connectivity index (χ0v) is 19.5. The minimum Gasteiger partial charge on any atom is -0.445 e. The Morgan fingerprint density at radius 3 is 1.89 bits per heavy atom. The standard InChI is InChI=1S/C27H19NO7S/c29-25(19-11-3-1-4-12-19)26(20-13-5-2-6-14-20)35-27(30)21-15-7-9-17-23(21)36(33,34)24-18-10-8-16-22(24)28(31)32/h1-18,26H/t26-/m0/s1. The molecule has 0 saturated carbocycles. The average molecular weight is 502 g/mol. The second kappa shape index (κ2) is 10.3. The lowest BCUT2D eigenvalue weighted by Gasteiger charge is -2.18. The summed E-state index contributed by atoms with van der Waals surface area (Å²) in [6, 6.07) is 26.7. The van der Waals surface area contributed by atoms with Gasteiger partial charge in [0.1, 0.15) is 4.90 Å².